The monoisotopic (exact) mass is 672 g/mol. The Morgan fingerprint density at radius 2 is 1.66 bits per heavy atom. The Bertz CT molecular complexity index is 2100. The van der Waals surface area contributed by atoms with Crippen LogP contribution in [0.15, 0.2) is 60.9 Å². The van der Waals surface area contributed by atoms with E-state index in [0.717, 1.165) is 83.8 Å². The van der Waals surface area contributed by atoms with Gasteiger partial charge in [0.25, 0.3) is 11.8 Å². The van der Waals surface area contributed by atoms with Crippen LogP contribution >= 0.6 is 0 Å². The highest BCUT2D eigenvalue weighted by atomic mass is 16.2. The third-order valence-electron chi connectivity index (χ3n) is 10.7. The summed E-state index contributed by atoms with van der Waals surface area (Å²) >= 11 is 0. The summed E-state index contributed by atoms with van der Waals surface area (Å²) in [7, 11) is 0. The van der Waals surface area contributed by atoms with Gasteiger partial charge < -0.3 is 9.80 Å². The normalized spacial score (nSPS) is 21.3. The second-order valence-corrected chi connectivity index (χ2v) is 14.0. The number of pyridine rings is 1. The van der Waals surface area contributed by atoms with Gasteiger partial charge in [-0.15, -0.1) is 0 Å². The number of fused-ring (bicyclic) bond motifs is 2. The molecule has 4 fully saturated rings. The largest absolute Gasteiger partial charge is 0.371 e. The minimum atomic E-state index is -0.982. The molecule has 0 spiro atoms. The summed E-state index contributed by atoms with van der Waals surface area (Å²) in [6.07, 6.45) is 8.05. The zero-order valence-corrected chi connectivity index (χ0v) is 27.5. The molecule has 4 aliphatic heterocycles. The van der Waals surface area contributed by atoms with Crippen molar-refractivity contribution in [3.05, 3.63) is 72.1 Å². The molecule has 13 heteroatoms. The summed E-state index contributed by atoms with van der Waals surface area (Å²) in [6.45, 7) is 3.62. The van der Waals surface area contributed by atoms with Gasteiger partial charge in [-0.1, -0.05) is 12.1 Å². The number of carbonyl (C=O) groups is 5. The van der Waals surface area contributed by atoms with Gasteiger partial charge in [0.2, 0.25) is 11.8 Å². The van der Waals surface area contributed by atoms with Crippen LogP contribution < -0.4 is 15.1 Å². The molecule has 3 saturated heterocycles. The lowest BCUT2D eigenvalue weighted by molar-refractivity contribution is -0.136. The van der Waals surface area contributed by atoms with Crippen molar-refractivity contribution in [3.63, 3.8) is 0 Å². The van der Waals surface area contributed by atoms with Crippen LogP contribution in [0.1, 0.15) is 65.3 Å². The Kier molecular flexibility index (Phi) is 7.18. The van der Waals surface area contributed by atoms with Crippen LogP contribution in [0, 0.1) is 5.92 Å². The van der Waals surface area contributed by atoms with Crippen LogP contribution in [0.5, 0.6) is 0 Å². The molecule has 0 bridgehead atoms. The third kappa shape index (κ3) is 5.19. The molecule has 1 saturated carbocycles. The number of piperidine rings is 1. The number of nitrogens with zero attached hydrogens (tertiary/aromatic N) is 7. The fourth-order valence-corrected chi connectivity index (χ4v) is 7.72. The highest BCUT2D eigenvalue weighted by molar-refractivity contribution is 6.23. The Morgan fingerprint density at radius 3 is 2.48 bits per heavy atom. The maximum Gasteiger partial charge on any atom is 0.324 e. The maximum atomic E-state index is 13.7. The Hall–Kier alpha value is -5.59. The molecule has 2 aromatic carbocycles. The molecule has 13 nitrogen and oxygen atoms in total. The summed E-state index contributed by atoms with van der Waals surface area (Å²) in [4.78, 5) is 75.7. The van der Waals surface area contributed by atoms with Crippen molar-refractivity contribution < 1.29 is 24.0 Å². The van der Waals surface area contributed by atoms with Gasteiger partial charge in [0.15, 0.2) is 5.65 Å². The van der Waals surface area contributed by atoms with Gasteiger partial charge in [-0.05, 0) is 80.0 Å². The van der Waals surface area contributed by atoms with Crippen LogP contribution in [-0.2, 0) is 9.59 Å². The van der Waals surface area contributed by atoms with Gasteiger partial charge in [0, 0.05) is 67.7 Å². The first-order chi connectivity index (χ1) is 24.3. The predicted octanol–water partition coefficient (Wildman–Crippen LogP) is 3.99. The standard InChI is InChI=1S/C37H36N8O5/c46-32-10-9-31(34(47)40-32)44-35(48)29-8-7-27(17-30(29)36(44)49)42-20-22(21-42)11-14-41-12-2-13-43(37(41)50)28-4-1-3-23(16-28)24-15-25-19-39-45(26-5-6-26)33(25)38-18-24/h1,3-4,7-8,15-19,22,26,31H,2,5-6,9-14,20-21H2,(H,40,46,47). The number of imide groups is 2. The van der Waals surface area contributed by atoms with E-state index in [1.807, 2.05) is 45.1 Å². The van der Waals surface area contributed by atoms with E-state index in [1.165, 1.54) is 0 Å². The molecule has 6 amide bonds. The number of amides is 6. The molecule has 50 heavy (non-hydrogen) atoms. The van der Waals surface area contributed by atoms with Crippen molar-refractivity contribution in [1.29, 1.82) is 0 Å². The molecule has 0 radical (unpaired) electrons. The number of benzene rings is 2. The SMILES string of the molecule is O=C1CCC(N2C(=O)c3ccc(N4CC(CCN5CCCN(c6cccc(-c7cnc8c(cnn8C8CC8)c7)c6)C5=O)C4)cc3C2=O)C(=O)N1. The fraction of sp³-hybridized carbons (Fsp3) is 0.378. The molecule has 1 aliphatic carbocycles. The average Bonchev–Trinajstić information content (AvgIpc) is 3.81. The molecule has 5 aliphatic rings. The second kappa shape index (κ2) is 11.8. The van der Waals surface area contributed by atoms with Crippen LogP contribution in [-0.4, -0.2) is 93.0 Å². The lowest BCUT2D eigenvalue weighted by atomic mass is 9.94. The quantitative estimate of drug-likeness (QED) is 0.277. The van der Waals surface area contributed by atoms with E-state index >= 15 is 0 Å². The van der Waals surface area contributed by atoms with Gasteiger partial charge >= 0.3 is 6.03 Å². The minimum Gasteiger partial charge on any atom is -0.371 e. The van der Waals surface area contributed by atoms with Crippen LogP contribution in [0.25, 0.3) is 22.2 Å². The van der Waals surface area contributed by atoms with Crippen molar-refractivity contribution in [3.8, 4) is 11.1 Å². The summed E-state index contributed by atoms with van der Waals surface area (Å²) < 4.78 is 2.02. The van der Waals surface area contributed by atoms with Crippen LogP contribution in [0.2, 0.25) is 0 Å². The zero-order valence-electron chi connectivity index (χ0n) is 27.5. The van der Waals surface area contributed by atoms with E-state index in [1.54, 1.807) is 12.1 Å². The van der Waals surface area contributed by atoms with E-state index in [2.05, 4.69) is 33.5 Å². The van der Waals surface area contributed by atoms with E-state index in [-0.39, 0.29) is 30.0 Å². The third-order valence-corrected chi connectivity index (χ3v) is 10.7. The highest BCUT2D eigenvalue weighted by Gasteiger charge is 2.45. The molecule has 1 atom stereocenters. The van der Waals surface area contributed by atoms with E-state index in [0.29, 0.717) is 25.0 Å². The molecule has 9 rings (SSSR count). The van der Waals surface area contributed by atoms with Crippen molar-refractivity contribution >= 4 is 52.1 Å². The second-order valence-electron chi connectivity index (χ2n) is 14.0. The first kappa shape index (κ1) is 30.5. The zero-order chi connectivity index (χ0) is 34.1. The van der Waals surface area contributed by atoms with E-state index in [9.17, 15) is 24.0 Å². The molecular formula is C37H36N8O5. The molecule has 1 unspecified atom stereocenters. The average molecular weight is 673 g/mol. The van der Waals surface area contributed by atoms with Gasteiger partial charge in [-0.2, -0.15) is 5.10 Å². The number of carbonyl (C=O) groups excluding carboxylic acids is 5. The Morgan fingerprint density at radius 1 is 0.820 bits per heavy atom. The number of hydrogen-bond donors (Lipinski definition) is 1. The smallest absolute Gasteiger partial charge is 0.324 e. The topological polar surface area (TPSA) is 141 Å². The molecule has 4 aromatic rings. The van der Waals surface area contributed by atoms with Crippen molar-refractivity contribution in [1.82, 2.24) is 29.9 Å². The van der Waals surface area contributed by atoms with Crippen molar-refractivity contribution in [2.24, 2.45) is 5.92 Å². The molecule has 1 N–H and O–H groups in total. The number of hydrogen-bond acceptors (Lipinski definition) is 8. The summed E-state index contributed by atoms with van der Waals surface area (Å²) in [5.74, 6) is -1.64. The number of nitrogens with one attached hydrogen (secondary N) is 1. The Labute approximate surface area is 287 Å². The van der Waals surface area contributed by atoms with Crippen molar-refractivity contribution in [2.45, 2.75) is 50.6 Å². The number of rotatable bonds is 8. The number of urea groups is 1. The van der Waals surface area contributed by atoms with E-state index in [4.69, 9.17) is 4.98 Å². The summed E-state index contributed by atoms with van der Waals surface area (Å²) in [5, 5.41) is 7.80. The number of aromatic nitrogens is 3. The van der Waals surface area contributed by atoms with Crippen molar-refractivity contribution in [2.75, 3.05) is 42.5 Å². The molecular weight excluding hydrogens is 636 g/mol. The number of anilines is 2. The highest BCUT2D eigenvalue weighted by Crippen LogP contribution is 2.37. The minimum absolute atomic E-state index is 0.0197. The molecule has 6 heterocycles. The molecule has 254 valence electrons. The molecule has 2 aromatic heterocycles. The van der Waals surface area contributed by atoms with Gasteiger partial charge in [-0.3, -0.25) is 34.3 Å². The predicted molar refractivity (Wildman–Crippen MR) is 184 cm³/mol. The van der Waals surface area contributed by atoms with Gasteiger partial charge in [0.1, 0.15) is 6.04 Å². The maximum absolute atomic E-state index is 13.7. The first-order valence-corrected chi connectivity index (χ1v) is 17.4. The summed E-state index contributed by atoms with van der Waals surface area (Å²) in [5.41, 5.74) is 5.21. The lowest BCUT2D eigenvalue weighted by Gasteiger charge is -2.43. The van der Waals surface area contributed by atoms with Gasteiger partial charge in [-0.25, -0.2) is 14.5 Å². The first-order valence-electron chi connectivity index (χ1n) is 17.4. The van der Waals surface area contributed by atoms with E-state index < -0.39 is 29.7 Å². The summed E-state index contributed by atoms with van der Waals surface area (Å²) in [6, 6.07) is 14.9. The van der Waals surface area contributed by atoms with Crippen LogP contribution in [0.3, 0.4) is 0 Å². The van der Waals surface area contributed by atoms with Gasteiger partial charge in [0.05, 0.1) is 23.4 Å². The fourth-order valence-electron chi connectivity index (χ4n) is 7.72. The van der Waals surface area contributed by atoms with Crippen LogP contribution in [0.4, 0.5) is 16.2 Å². The lowest BCUT2D eigenvalue weighted by Crippen LogP contribution is -2.54. The Balaban J connectivity index is 0.814.